The lowest BCUT2D eigenvalue weighted by molar-refractivity contribution is -0.124. The van der Waals surface area contributed by atoms with Crippen molar-refractivity contribution in [1.82, 2.24) is 5.32 Å². The van der Waals surface area contributed by atoms with Crippen molar-refractivity contribution in [3.8, 4) is 5.75 Å². The average molecular weight is 227 g/mol. The Balaban J connectivity index is 2.39. The van der Waals surface area contributed by atoms with Crippen LogP contribution >= 0.6 is 0 Å². The molecule has 0 spiro atoms. The van der Waals surface area contributed by atoms with Crippen LogP contribution in [-0.2, 0) is 4.79 Å². The van der Waals surface area contributed by atoms with E-state index in [1.807, 2.05) is 0 Å². The number of hydrogen-bond donors (Lipinski definition) is 2. The van der Waals surface area contributed by atoms with E-state index < -0.39 is 12.5 Å². The molecule has 0 aliphatic rings. The summed E-state index contributed by atoms with van der Waals surface area (Å²) in [5.41, 5.74) is 0. The Morgan fingerprint density at radius 2 is 2.38 bits per heavy atom. The number of aliphatic hydroxyl groups excluding tert-OH is 1. The lowest BCUT2D eigenvalue weighted by Gasteiger charge is -2.15. The molecule has 4 nitrogen and oxygen atoms in total. The second kappa shape index (κ2) is 6.07. The summed E-state index contributed by atoms with van der Waals surface area (Å²) in [6, 6.07) is 5.77. The predicted molar refractivity (Wildman–Crippen MR) is 56.6 cm³/mol. The fraction of sp³-hybridized carbons (Fsp3) is 0.364. The van der Waals surface area contributed by atoms with Gasteiger partial charge in [0.1, 0.15) is 24.3 Å². The number of ether oxygens (including phenoxy) is 1. The molecule has 0 aliphatic carbocycles. The highest BCUT2D eigenvalue weighted by Gasteiger charge is 2.06. The van der Waals surface area contributed by atoms with Gasteiger partial charge in [0.25, 0.3) is 0 Å². The molecule has 1 unspecified atom stereocenters. The van der Waals surface area contributed by atoms with E-state index in [2.05, 4.69) is 5.32 Å². The molecule has 0 heterocycles. The Labute approximate surface area is 93.0 Å². The summed E-state index contributed by atoms with van der Waals surface area (Å²) >= 11 is 0. The Bertz CT molecular complexity index is 357. The molecule has 0 fully saturated rings. The van der Waals surface area contributed by atoms with Crippen LogP contribution in [0.4, 0.5) is 4.39 Å². The number of hydrogen-bond acceptors (Lipinski definition) is 3. The van der Waals surface area contributed by atoms with Crippen LogP contribution in [0.5, 0.6) is 5.75 Å². The number of benzene rings is 1. The summed E-state index contributed by atoms with van der Waals surface area (Å²) in [6.07, 6.45) is -0.294. The van der Waals surface area contributed by atoms with E-state index in [-0.39, 0.29) is 18.5 Å². The Hall–Kier alpha value is -1.62. The van der Waals surface area contributed by atoms with Gasteiger partial charge in [-0.1, -0.05) is 6.07 Å². The smallest absolute Gasteiger partial charge is 0.245 e. The molecule has 5 heteroatoms. The van der Waals surface area contributed by atoms with Gasteiger partial charge in [0, 0.05) is 6.07 Å². The minimum Gasteiger partial charge on any atom is -0.489 e. The van der Waals surface area contributed by atoms with Crippen molar-refractivity contribution in [2.75, 3.05) is 13.2 Å². The molecule has 1 amide bonds. The standard InChI is InChI=1S/C11H14FNO3/c1-8(6-13-11(15)7-14)16-10-4-2-3-9(12)5-10/h2-5,8,14H,6-7H2,1H3,(H,13,15). The maximum absolute atomic E-state index is 12.8. The fourth-order valence-electron chi connectivity index (χ4n) is 1.13. The molecular formula is C11H14FNO3. The molecule has 1 rings (SSSR count). The Morgan fingerprint density at radius 1 is 1.62 bits per heavy atom. The van der Waals surface area contributed by atoms with Gasteiger partial charge in [-0.3, -0.25) is 4.79 Å². The summed E-state index contributed by atoms with van der Waals surface area (Å²) in [7, 11) is 0. The third kappa shape index (κ3) is 4.27. The van der Waals surface area contributed by atoms with Gasteiger partial charge in [-0.05, 0) is 19.1 Å². The van der Waals surface area contributed by atoms with E-state index in [4.69, 9.17) is 9.84 Å². The zero-order valence-corrected chi connectivity index (χ0v) is 8.94. The van der Waals surface area contributed by atoms with Crippen LogP contribution in [0.2, 0.25) is 0 Å². The largest absolute Gasteiger partial charge is 0.489 e. The molecule has 0 saturated carbocycles. The van der Waals surface area contributed by atoms with Gasteiger partial charge in [0.05, 0.1) is 6.54 Å². The lowest BCUT2D eigenvalue weighted by Crippen LogP contribution is -2.35. The van der Waals surface area contributed by atoms with Crippen molar-refractivity contribution in [3.05, 3.63) is 30.1 Å². The highest BCUT2D eigenvalue weighted by molar-refractivity contribution is 5.76. The maximum atomic E-state index is 12.8. The SMILES string of the molecule is CC(CNC(=O)CO)Oc1cccc(F)c1. The van der Waals surface area contributed by atoms with Crippen molar-refractivity contribution in [3.63, 3.8) is 0 Å². The van der Waals surface area contributed by atoms with Gasteiger partial charge in [0.2, 0.25) is 5.91 Å². The molecule has 1 atom stereocenters. The minimum atomic E-state index is -0.549. The van der Waals surface area contributed by atoms with E-state index in [0.29, 0.717) is 5.75 Å². The van der Waals surface area contributed by atoms with Crippen LogP contribution in [-0.4, -0.2) is 30.3 Å². The number of amides is 1. The third-order valence-corrected chi connectivity index (χ3v) is 1.86. The van der Waals surface area contributed by atoms with E-state index in [1.165, 1.54) is 12.1 Å². The van der Waals surface area contributed by atoms with E-state index >= 15 is 0 Å². The van der Waals surface area contributed by atoms with E-state index in [0.717, 1.165) is 0 Å². The first-order valence-corrected chi connectivity index (χ1v) is 4.91. The molecule has 0 bridgehead atoms. The highest BCUT2D eigenvalue weighted by Crippen LogP contribution is 2.13. The number of halogens is 1. The molecule has 1 aromatic carbocycles. The summed E-state index contributed by atoms with van der Waals surface area (Å²) in [6.45, 7) is 1.45. The summed E-state index contributed by atoms with van der Waals surface area (Å²) in [4.78, 5) is 10.7. The number of carbonyl (C=O) groups is 1. The second-order valence-corrected chi connectivity index (χ2v) is 3.35. The van der Waals surface area contributed by atoms with Crippen molar-refractivity contribution >= 4 is 5.91 Å². The number of rotatable bonds is 5. The first-order valence-electron chi connectivity index (χ1n) is 4.91. The molecule has 16 heavy (non-hydrogen) atoms. The van der Waals surface area contributed by atoms with E-state index in [1.54, 1.807) is 19.1 Å². The van der Waals surface area contributed by atoms with Gasteiger partial charge < -0.3 is 15.2 Å². The van der Waals surface area contributed by atoms with Crippen molar-refractivity contribution in [1.29, 1.82) is 0 Å². The molecular weight excluding hydrogens is 213 g/mol. The average Bonchev–Trinajstić information content (AvgIpc) is 2.26. The molecule has 0 aromatic heterocycles. The number of nitrogens with one attached hydrogen (secondary N) is 1. The van der Waals surface area contributed by atoms with Crippen molar-refractivity contribution < 1.29 is 19.0 Å². The first-order chi connectivity index (χ1) is 7.61. The Morgan fingerprint density at radius 3 is 3.00 bits per heavy atom. The van der Waals surface area contributed by atoms with Crippen LogP contribution < -0.4 is 10.1 Å². The maximum Gasteiger partial charge on any atom is 0.245 e. The topological polar surface area (TPSA) is 58.6 Å². The first kappa shape index (κ1) is 12.4. The quantitative estimate of drug-likeness (QED) is 0.778. The zero-order valence-electron chi connectivity index (χ0n) is 8.94. The molecule has 2 N–H and O–H groups in total. The van der Waals surface area contributed by atoms with Gasteiger partial charge in [-0.2, -0.15) is 0 Å². The molecule has 0 radical (unpaired) electrons. The summed E-state index contributed by atoms with van der Waals surface area (Å²) in [5.74, 6) is -0.426. The van der Waals surface area contributed by atoms with Gasteiger partial charge in [0.15, 0.2) is 0 Å². The minimum absolute atomic E-state index is 0.260. The number of aliphatic hydroxyl groups is 1. The predicted octanol–water partition coefficient (Wildman–Crippen LogP) is 0.701. The molecule has 0 aliphatic heterocycles. The summed E-state index contributed by atoms with van der Waals surface area (Å²) in [5, 5.41) is 10.9. The molecule has 88 valence electrons. The Kier molecular flexibility index (Phi) is 4.72. The normalized spacial score (nSPS) is 11.9. The van der Waals surface area contributed by atoms with Crippen LogP contribution in [0.15, 0.2) is 24.3 Å². The number of carbonyl (C=O) groups excluding carboxylic acids is 1. The van der Waals surface area contributed by atoms with Crippen LogP contribution in [0.3, 0.4) is 0 Å². The van der Waals surface area contributed by atoms with Gasteiger partial charge >= 0.3 is 0 Å². The zero-order chi connectivity index (χ0) is 12.0. The lowest BCUT2D eigenvalue weighted by atomic mass is 10.3. The van der Waals surface area contributed by atoms with Crippen molar-refractivity contribution in [2.24, 2.45) is 0 Å². The molecule has 0 saturated heterocycles. The van der Waals surface area contributed by atoms with E-state index in [9.17, 15) is 9.18 Å². The van der Waals surface area contributed by atoms with Crippen molar-refractivity contribution in [2.45, 2.75) is 13.0 Å². The van der Waals surface area contributed by atoms with Gasteiger partial charge in [-0.25, -0.2) is 4.39 Å². The third-order valence-electron chi connectivity index (χ3n) is 1.86. The highest BCUT2D eigenvalue weighted by atomic mass is 19.1. The monoisotopic (exact) mass is 227 g/mol. The van der Waals surface area contributed by atoms with Crippen LogP contribution in [0, 0.1) is 5.82 Å². The van der Waals surface area contributed by atoms with Gasteiger partial charge in [-0.15, -0.1) is 0 Å². The summed E-state index contributed by atoms with van der Waals surface area (Å²) < 4.78 is 18.2. The van der Waals surface area contributed by atoms with Crippen LogP contribution in [0.25, 0.3) is 0 Å². The second-order valence-electron chi connectivity index (χ2n) is 3.35. The fourth-order valence-corrected chi connectivity index (χ4v) is 1.13. The van der Waals surface area contributed by atoms with Crippen LogP contribution in [0.1, 0.15) is 6.92 Å². The molecule has 1 aromatic rings.